The van der Waals surface area contributed by atoms with Crippen molar-refractivity contribution in [3.63, 3.8) is 0 Å². The topological polar surface area (TPSA) is 81.9 Å². The molecule has 1 aromatic carbocycles. The van der Waals surface area contributed by atoms with Gasteiger partial charge in [0.1, 0.15) is 11.5 Å². The van der Waals surface area contributed by atoms with Gasteiger partial charge in [-0.15, -0.1) is 0 Å². The van der Waals surface area contributed by atoms with Crippen LogP contribution in [0.25, 0.3) is 0 Å². The van der Waals surface area contributed by atoms with Gasteiger partial charge >= 0.3 is 11.8 Å². The molecule has 1 aromatic rings. The maximum absolute atomic E-state index is 11.4. The molecule has 2 N–H and O–H groups in total. The summed E-state index contributed by atoms with van der Waals surface area (Å²) in [6.07, 6.45) is 0. The van der Waals surface area contributed by atoms with Crippen molar-refractivity contribution in [3.8, 4) is 11.5 Å². The molecular weight excluding hydrogens is 248 g/mol. The van der Waals surface area contributed by atoms with Crippen molar-refractivity contribution < 1.29 is 19.1 Å². The van der Waals surface area contributed by atoms with Crippen molar-refractivity contribution in [2.45, 2.75) is 13.5 Å². The monoisotopic (exact) mass is 266 g/mol. The SMILES string of the molecule is COc1cc(CN(C)C(=O)C(N)=O)c(OC)cc1C. The number of likely N-dealkylation sites (N-methyl/N-ethyl adjacent to an activating group) is 1. The smallest absolute Gasteiger partial charge is 0.311 e. The van der Waals surface area contributed by atoms with Crippen molar-refractivity contribution in [1.82, 2.24) is 4.90 Å². The molecule has 19 heavy (non-hydrogen) atoms. The second-order valence-electron chi connectivity index (χ2n) is 4.16. The van der Waals surface area contributed by atoms with E-state index in [1.54, 1.807) is 20.3 Å². The van der Waals surface area contributed by atoms with Crippen LogP contribution in [0.15, 0.2) is 12.1 Å². The molecule has 6 nitrogen and oxygen atoms in total. The van der Waals surface area contributed by atoms with E-state index in [2.05, 4.69) is 0 Å². The van der Waals surface area contributed by atoms with Crippen molar-refractivity contribution in [3.05, 3.63) is 23.3 Å². The minimum absolute atomic E-state index is 0.210. The van der Waals surface area contributed by atoms with Gasteiger partial charge in [0.15, 0.2) is 0 Å². The van der Waals surface area contributed by atoms with Gasteiger partial charge in [-0.2, -0.15) is 0 Å². The lowest BCUT2D eigenvalue weighted by atomic mass is 10.1. The quantitative estimate of drug-likeness (QED) is 0.802. The molecule has 0 radical (unpaired) electrons. The lowest BCUT2D eigenvalue weighted by Gasteiger charge is -2.18. The second-order valence-corrected chi connectivity index (χ2v) is 4.16. The molecule has 0 saturated carbocycles. The molecule has 0 spiro atoms. The Bertz CT molecular complexity index is 500. The number of carbonyl (C=O) groups is 2. The Hall–Kier alpha value is -2.24. The van der Waals surface area contributed by atoms with Crippen molar-refractivity contribution >= 4 is 11.8 Å². The third kappa shape index (κ3) is 3.37. The Morgan fingerprint density at radius 2 is 1.79 bits per heavy atom. The van der Waals surface area contributed by atoms with E-state index in [1.165, 1.54) is 11.9 Å². The number of carbonyl (C=O) groups excluding carboxylic acids is 2. The highest BCUT2D eigenvalue weighted by Gasteiger charge is 2.17. The lowest BCUT2D eigenvalue weighted by molar-refractivity contribution is -0.143. The number of amides is 2. The zero-order valence-electron chi connectivity index (χ0n) is 11.5. The van der Waals surface area contributed by atoms with Gasteiger partial charge in [-0.05, 0) is 24.6 Å². The molecule has 0 aromatic heterocycles. The van der Waals surface area contributed by atoms with E-state index in [0.717, 1.165) is 11.1 Å². The fraction of sp³-hybridized carbons (Fsp3) is 0.385. The standard InChI is InChI=1S/C13H18N2O4/c1-8-5-11(19-4)9(6-10(8)18-3)7-15(2)13(17)12(14)16/h5-6H,7H2,1-4H3,(H2,14,16). The Morgan fingerprint density at radius 3 is 2.26 bits per heavy atom. The van der Waals surface area contributed by atoms with E-state index in [1.807, 2.05) is 13.0 Å². The van der Waals surface area contributed by atoms with Crippen LogP contribution in [-0.2, 0) is 16.1 Å². The van der Waals surface area contributed by atoms with Gasteiger partial charge in [0.05, 0.1) is 14.2 Å². The Labute approximate surface area is 112 Å². The molecule has 0 atom stereocenters. The van der Waals surface area contributed by atoms with Gasteiger partial charge in [0.25, 0.3) is 0 Å². The zero-order valence-corrected chi connectivity index (χ0v) is 11.5. The second kappa shape index (κ2) is 6.08. The van der Waals surface area contributed by atoms with Crippen LogP contribution in [0.4, 0.5) is 0 Å². The van der Waals surface area contributed by atoms with E-state index in [0.29, 0.717) is 11.5 Å². The number of hydrogen-bond acceptors (Lipinski definition) is 4. The number of ether oxygens (including phenoxy) is 2. The van der Waals surface area contributed by atoms with E-state index >= 15 is 0 Å². The Morgan fingerprint density at radius 1 is 1.21 bits per heavy atom. The van der Waals surface area contributed by atoms with Crippen LogP contribution in [0.5, 0.6) is 11.5 Å². The average Bonchev–Trinajstić information content (AvgIpc) is 2.38. The summed E-state index contributed by atoms with van der Waals surface area (Å²) in [5.74, 6) is -0.416. The van der Waals surface area contributed by atoms with Crippen LogP contribution in [0, 0.1) is 6.92 Å². The van der Waals surface area contributed by atoms with Gasteiger partial charge in [0, 0.05) is 19.2 Å². The molecule has 0 saturated heterocycles. The number of rotatable bonds is 4. The third-order valence-electron chi connectivity index (χ3n) is 2.76. The summed E-state index contributed by atoms with van der Waals surface area (Å²) in [5, 5.41) is 0. The normalized spacial score (nSPS) is 9.89. The van der Waals surface area contributed by atoms with Crippen LogP contribution in [0.2, 0.25) is 0 Å². The lowest BCUT2D eigenvalue weighted by Crippen LogP contribution is -2.37. The zero-order chi connectivity index (χ0) is 14.6. The summed E-state index contributed by atoms with van der Waals surface area (Å²) < 4.78 is 10.5. The number of nitrogens with two attached hydrogens (primary N) is 1. The number of primary amides is 1. The molecule has 0 bridgehead atoms. The van der Waals surface area contributed by atoms with Crippen molar-refractivity contribution in [1.29, 1.82) is 0 Å². The summed E-state index contributed by atoms with van der Waals surface area (Å²) in [5.41, 5.74) is 6.62. The van der Waals surface area contributed by atoms with Crippen molar-refractivity contribution in [2.24, 2.45) is 5.73 Å². The van der Waals surface area contributed by atoms with E-state index in [4.69, 9.17) is 15.2 Å². The Kier molecular flexibility index (Phi) is 4.74. The Balaban J connectivity index is 3.05. The van der Waals surface area contributed by atoms with Crippen LogP contribution in [-0.4, -0.2) is 38.0 Å². The van der Waals surface area contributed by atoms with E-state index in [-0.39, 0.29) is 6.54 Å². The summed E-state index contributed by atoms with van der Waals surface area (Å²) in [7, 11) is 4.61. The molecule has 104 valence electrons. The van der Waals surface area contributed by atoms with Crippen LogP contribution in [0.1, 0.15) is 11.1 Å². The summed E-state index contributed by atoms with van der Waals surface area (Å²) in [4.78, 5) is 23.5. The molecule has 1 rings (SSSR count). The largest absolute Gasteiger partial charge is 0.496 e. The van der Waals surface area contributed by atoms with E-state index in [9.17, 15) is 9.59 Å². The molecular formula is C13H18N2O4. The minimum atomic E-state index is -0.986. The third-order valence-corrected chi connectivity index (χ3v) is 2.76. The summed E-state index contributed by atoms with van der Waals surface area (Å²) in [6.45, 7) is 2.10. The predicted molar refractivity (Wildman–Crippen MR) is 70.0 cm³/mol. The maximum atomic E-state index is 11.4. The molecule has 0 heterocycles. The molecule has 0 fully saturated rings. The molecule has 0 aliphatic heterocycles. The number of methoxy groups -OCH3 is 2. The van der Waals surface area contributed by atoms with Gasteiger partial charge in [0.2, 0.25) is 0 Å². The molecule has 6 heteroatoms. The number of aryl methyl sites for hydroxylation is 1. The average molecular weight is 266 g/mol. The first-order valence-corrected chi connectivity index (χ1v) is 5.67. The summed E-state index contributed by atoms with van der Waals surface area (Å²) >= 11 is 0. The first kappa shape index (κ1) is 14.8. The molecule has 0 aliphatic rings. The molecule has 0 aliphatic carbocycles. The predicted octanol–water partition coefficient (Wildman–Crippen LogP) is 0.456. The highest BCUT2D eigenvalue weighted by Crippen LogP contribution is 2.28. The van der Waals surface area contributed by atoms with Gasteiger partial charge < -0.3 is 20.1 Å². The first-order chi connectivity index (χ1) is 8.90. The fourth-order valence-corrected chi connectivity index (χ4v) is 1.75. The number of benzene rings is 1. The molecule has 2 amide bonds. The van der Waals surface area contributed by atoms with Gasteiger partial charge in [-0.25, -0.2) is 0 Å². The van der Waals surface area contributed by atoms with Gasteiger partial charge in [-0.1, -0.05) is 0 Å². The molecule has 0 unspecified atom stereocenters. The van der Waals surface area contributed by atoms with Gasteiger partial charge in [-0.3, -0.25) is 9.59 Å². The highest BCUT2D eigenvalue weighted by molar-refractivity contribution is 6.34. The minimum Gasteiger partial charge on any atom is -0.496 e. The van der Waals surface area contributed by atoms with Crippen LogP contribution >= 0.6 is 0 Å². The highest BCUT2D eigenvalue weighted by atomic mass is 16.5. The van der Waals surface area contributed by atoms with Crippen LogP contribution in [0.3, 0.4) is 0 Å². The van der Waals surface area contributed by atoms with Crippen molar-refractivity contribution in [2.75, 3.05) is 21.3 Å². The number of hydrogen-bond donors (Lipinski definition) is 1. The number of nitrogens with zero attached hydrogens (tertiary/aromatic N) is 1. The summed E-state index contributed by atoms with van der Waals surface area (Å²) in [6, 6.07) is 3.59. The van der Waals surface area contributed by atoms with Crippen LogP contribution < -0.4 is 15.2 Å². The maximum Gasteiger partial charge on any atom is 0.311 e. The van der Waals surface area contributed by atoms with E-state index < -0.39 is 11.8 Å². The first-order valence-electron chi connectivity index (χ1n) is 5.67. The fourth-order valence-electron chi connectivity index (χ4n) is 1.75.